The van der Waals surface area contributed by atoms with Crippen LogP contribution in [-0.2, 0) is 20.3 Å². The Kier molecular flexibility index (Phi) is 5.00. The fourth-order valence-corrected chi connectivity index (χ4v) is 2.45. The van der Waals surface area contributed by atoms with E-state index in [2.05, 4.69) is 4.52 Å². The first-order valence-electron chi connectivity index (χ1n) is 5.15. The van der Waals surface area contributed by atoms with Crippen LogP contribution in [-0.4, -0.2) is 23.4 Å². The van der Waals surface area contributed by atoms with Crippen LogP contribution in [0.25, 0.3) is 0 Å². The lowest BCUT2D eigenvalue weighted by Gasteiger charge is -2.09. The van der Waals surface area contributed by atoms with Crippen molar-refractivity contribution in [1.82, 2.24) is 0 Å². The van der Waals surface area contributed by atoms with Gasteiger partial charge in [0, 0.05) is 6.42 Å². The molecule has 1 rings (SSSR count). The van der Waals surface area contributed by atoms with E-state index in [9.17, 15) is 18.6 Å². The number of carbonyl (C=O) groups is 1. The van der Waals surface area contributed by atoms with Crippen LogP contribution in [0.5, 0.6) is 0 Å². The van der Waals surface area contributed by atoms with Gasteiger partial charge in [-0.1, -0.05) is 12.1 Å². The normalized spacial score (nSPS) is 14.3. The van der Waals surface area contributed by atoms with E-state index in [0.717, 1.165) is 0 Å². The van der Waals surface area contributed by atoms with Gasteiger partial charge in [-0.2, -0.15) is 0 Å². The molecule has 0 amide bonds. The Morgan fingerprint density at radius 1 is 1.53 bits per heavy atom. The smallest absolute Gasteiger partial charge is 0.324 e. The monoisotopic (exact) mass is 260 g/mol. The summed E-state index contributed by atoms with van der Waals surface area (Å²) in [4.78, 5) is 20.7. The second-order valence-electron chi connectivity index (χ2n) is 3.56. The summed E-state index contributed by atoms with van der Waals surface area (Å²) in [5.41, 5.74) is 0.478. The maximum atomic E-state index is 12.8. The molecular weight excluding hydrogens is 246 g/mol. The van der Waals surface area contributed by atoms with Crippen LogP contribution in [0, 0.1) is 5.82 Å². The highest BCUT2D eigenvalue weighted by molar-refractivity contribution is 7.53. The predicted molar refractivity (Wildman–Crippen MR) is 61.4 cm³/mol. The van der Waals surface area contributed by atoms with Gasteiger partial charge in [0.1, 0.15) is 17.8 Å². The van der Waals surface area contributed by atoms with Gasteiger partial charge in [0.25, 0.3) is 0 Å². The third-order valence-electron chi connectivity index (χ3n) is 2.00. The Morgan fingerprint density at radius 3 is 2.82 bits per heavy atom. The fraction of sp³-hybridized carbons (Fsp3) is 0.364. The lowest BCUT2D eigenvalue weighted by molar-refractivity contribution is -0.116. The van der Waals surface area contributed by atoms with Crippen molar-refractivity contribution in [3.8, 4) is 0 Å². The van der Waals surface area contributed by atoms with Crippen LogP contribution in [0.15, 0.2) is 24.3 Å². The van der Waals surface area contributed by atoms with Gasteiger partial charge in [-0.05, 0) is 24.6 Å². The molecule has 17 heavy (non-hydrogen) atoms. The summed E-state index contributed by atoms with van der Waals surface area (Å²) in [6, 6.07) is 5.56. The maximum Gasteiger partial charge on any atom is 0.335 e. The first-order valence-corrected chi connectivity index (χ1v) is 6.92. The Morgan fingerprint density at radius 2 is 2.24 bits per heavy atom. The van der Waals surface area contributed by atoms with Crippen molar-refractivity contribution in [2.45, 2.75) is 13.3 Å². The number of hydrogen-bond acceptors (Lipinski definition) is 3. The summed E-state index contributed by atoms with van der Waals surface area (Å²) in [6.07, 6.45) is -0.618. The first-order chi connectivity index (χ1) is 7.93. The molecule has 1 atom stereocenters. The molecule has 1 N–H and O–H groups in total. The molecule has 0 saturated carbocycles. The van der Waals surface area contributed by atoms with Crippen LogP contribution in [0.2, 0.25) is 0 Å². The van der Waals surface area contributed by atoms with Crippen molar-refractivity contribution in [2.24, 2.45) is 0 Å². The van der Waals surface area contributed by atoms with Crippen molar-refractivity contribution in [3.63, 3.8) is 0 Å². The summed E-state index contributed by atoms with van der Waals surface area (Å²) in [6.45, 7) is 1.64. The molecule has 0 radical (unpaired) electrons. The summed E-state index contributed by atoms with van der Waals surface area (Å²) in [5, 5.41) is 0. The van der Waals surface area contributed by atoms with Crippen LogP contribution in [0.3, 0.4) is 0 Å². The van der Waals surface area contributed by atoms with Crippen LogP contribution in [0.4, 0.5) is 4.39 Å². The van der Waals surface area contributed by atoms with Gasteiger partial charge in [0.05, 0.1) is 6.61 Å². The summed E-state index contributed by atoms with van der Waals surface area (Å²) in [7, 11) is -3.84. The second-order valence-corrected chi connectivity index (χ2v) is 5.41. The number of halogens is 1. The Labute approximate surface area is 99.0 Å². The molecule has 0 fully saturated rings. The minimum Gasteiger partial charge on any atom is -0.324 e. The summed E-state index contributed by atoms with van der Waals surface area (Å²) < 4.78 is 28.7. The van der Waals surface area contributed by atoms with E-state index < -0.39 is 25.4 Å². The molecule has 0 spiro atoms. The van der Waals surface area contributed by atoms with E-state index >= 15 is 0 Å². The van der Waals surface area contributed by atoms with E-state index in [4.69, 9.17) is 0 Å². The van der Waals surface area contributed by atoms with E-state index in [1.807, 2.05) is 0 Å². The predicted octanol–water partition coefficient (Wildman–Crippen LogP) is 2.16. The molecule has 0 heterocycles. The third kappa shape index (κ3) is 5.22. The van der Waals surface area contributed by atoms with Crippen molar-refractivity contribution in [2.75, 3.05) is 12.8 Å². The molecule has 1 aromatic carbocycles. The molecule has 6 heteroatoms. The SMILES string of the molecule is CCOP(=O)(O)CC(=O)Cc1cccc(F)c1. The summed E-state index contributed by atoms with van der Waals surface area (Å²) in [5.74, 6) is -0.887. The zero-order valence-electron chi connectivity index (χ0n) is 9.43. The number of rotatable bonds is 6. The highest BCUT2D eigenvalue weighted by Gasteiger charge is 2.23. The number of benzene rings is 1. The zero-order valence-corrected chi connectivity index (χ0v) is 10.3. The molecule has 94 valence electrons. The van der Waals surface area contributed by atoms with Crippen molar-refractivity contribution in [3.05, 3.63) is 35.6 Å². The van der Waals surface area contributed by atoms with E-state index in [-0.39, 0.29) is 13.0 Å². The van der Waals surface area contributed by atoms with Gasteiger partial charge in [0.2, 0.25) is 0 Å². The van der Waals surface area contributed by atoms with Gasteiger partial charge in [-0.25, -0.2) is 4.39 Å². The van der Waals surface area contributed by atoms with E-state index in [1.54, 1.807) is 13.0 Å². The van der Waals surface area contributed by atoms with Gasteiger partial charge >= 0.3 is 7.60 Å². The highest BCUT2D eigenvalue weighted by atomic mass is 31.2. The number of Topliss-reactive ketones (excluding diaryl/α,β-unsaturated/α-hetero) is 1. The molecule has 0 bridgehead atoms. The number of ketones is 1. The Bertz CT molecular complexity index is 447. The molecule has 0 aliphatic rings. The van der Waals surface area contributed by atoms with Crippen LogP contribution in [0.1, 0.15) is 12.5 Å². The van der Waals surface area contributed by atoms with Crippen LogP contribution >= 0.6 is 7.60 Å². The Balaban J connectivity index is 2.59. The molecule has 4 nitrogen and oxygen atoms in total. The zero-order chi connectivity index (χ0) is 12.9. The number of hydrogen-bond donors (Lipinski definition) is 1. The van der Waals surface area contributed by atoms with Gasteiger partial charge in [-0.15, -0.1) is 0 Å². The van der Waals surface area contributed by atoms with Gasteiger partial charge in [0.15, 0.2) is 0 Å². The fourth-order valence-electron chi connectivity index (χ4n) is 1.40. The highest BCUT2D eigenvalue weighted by Crippen LogP contribution is 2.41. The molecule has 0 aliphatic heterocycles. The topological polar surface area (TPSA) is 63.6 Å². The Hall–Kier alpha value is -1.03. The molecule has 0 aliphatic carbocycles. The van der Waals surface area contributed by atoms with E-state index in [1.165, 1.54) is 18.2 Å². The third-order valence-corrected chi connectivity index (χ3v) is 3.41. The second kappa shape index (κ2) is 6.05. The van der Waals surface area contributed by atoms with Crippen LogP contribution < -0.4 is 0 Å². The lowest BCUT2D eigenvalue weighted by atomic mass is 10.1. The minimum absolute atomic E-state index is 0.0705. The van der Waals surface area contributed by atoms with Gasteiger partial charge < -0.3 is 9.42 Å². The van der Waals surface area contributed by atoms with E-state index in [0.29, 0.717) is 5.56 Å². The average Bonchev–Trinajstić information content (AvgIpc) is 2.15. The molecule has 1 unspecified atom stereocenters. The standard InChI is InChI=1S/C11H14FO4P/c1-2-16-17(14,15)8-11(13)7-9-4-3-5-10(12)6-9/h3-6H,2,7-8H2,1H3,(H,14,15). The molecule has 1 aromatic rings. The van der Waals surface area contributed by atoms with Crippen molar-refractivity contribution >= 4 is 13.4 Å². The molecule has 0 aromatic heterocycles. The van der Waals surface area contributed by atoms with Crippen molar-refractivity contribution < 1.29 is 23.2 Å². The first kappa shape index (κ1) is 14.0. The lowest BCUT2D eigenvalue weighted by Crippen LogP contribution is -2.10. The molecular formula is C11H14FO4P. The minimum atomic E-state index is -3.84. The van der Waals surface area contributed by atoms with Crippen molar-refractivity contribution in [1.29, 1.82) is 0 Å². The number of carbonyl (C=O) groups excluding carboxylic acids is 1. The van der Waals surface area contributed by atoms with Gasteiger partial charge in [-0.3, -0.25) is 9.36 Å². The average molecular weight is 260 g/mol. The largest absolute Gasteiger partial charge is 0.335 e. The quantitative estimate of drug-likeness (QED) is 0.796. The maximum absolute atomic E-state index is 12.8. The summed E-state index contributed by atoms with van der Waals surface area (Å²) >= 11 is 0. The molecule has 0 saturated heterocycles.